The second-order valence-corrected chi connectivity index (χ2v) is 7.68. The van der Waals surface area contributed by atoms with E-state index in [1.165, 1.54) is 5.56 Å². The number of amides is 1. The number of aromatic nitrogens is 2. The molecule has 162 valence electrons. The fourth-order valence-electron chi connectivity index (χ4n) is 4.17. The Morgan fingerprint density at radius 3 is 2.39 bits per heavy atom. The first-order valence-corrected chi connectivity index (χ1v) is 11.1. The lowest BCUT2D eigenvalue weighted by Crippen LogP contribution is -2.49. The molecule has 0 aliphatic carbocycles. The molecule has 0 radical (unpaired) electrons. The molecular formula is C25H30N4O2. The molecule has 0 spiro atoms. The molecule has 0 atom stereocenters. The maximum absolute atomic E-state index is 13.3. The molecule has 2 heterocycles. The molecule has 1 saturated heterocycles. The van der Waals surface area contributed by atoms with Gasteiger partial charge in [-0.3, -0.25) is 9.48 Å². The average molecular weight is 419 g/mol. The third kappa shape index (κ3) is 4.58. The van der Waals surface area contributed by atoms with Crippen molar-refractivity contribution >= 4 is 11.6 Å². The monoisotopic (exact) mass is 418 g/mol. The summed E-state index contributed by atoms with van der Waals surface area (Å²) in [5.41, 5.74) is 4.00. The molecule has 0 bridgehead atoms. The van der Waals surface area contributed by atoms with Crippen LogP contribution in [0, 0.1) is 0 Å². The number of nitrogens with zero attached hydrogens (tertiary/aromatic N) is 4. The highest BCUT2D eigenvalue weighted by Crippen LogP contribution is 2.29. The van der Waals surface area contributed by atoms with Crippen LogP contribution in [0.5, 0.6) is 5.75 Å². The van der Waals surface area contributed by atoms with E-state index in [9.17, 15) is 4.79 Å². The first-order valence-electron chi connectivity index (χ1n) is 11.1. The molecule has 31 heavy (non-hydrogen) atoms. The Balaban J connectivity index is 1.44. The SMILES string of the molecule is CCOc1ccccc1N1CCN(C(=O)c2cnn(Cc3ccccc3)c2CC)CC1. The summed E-state index contributed by atoms with van der Waals surface area (Å²) in [7, 11) is 0. The number of carbonyl (C=O) groups excluding carboxylic acids is 1. The van der Waals surface area contributed by atoms with Gasteiger partial charge in [0.25, 0.3) is 5.91 Å². The van der Waals surface area contributed by atoms with E-state index >= 15 is 0 Å². The molecule has 1 amide bonds. The van der Waals surface area contributed by atoms with Gasteiger partial charge in [0.05, 0.1) is 36.3 Å². The Morgan fingerprint density at radius 2 is 1.68 bits per heavy atom. The van der Waals surface area contributed by atoms with Crippen molar-refractivity contribution in [3.05, 3.63) is 77.6 Å². The summed E-state index contributed by atoms with van der Waals surface area (Å²) in [6.07, 6.45) is 2.51. The fraction of sp³-hybridized carbons (Fsp3) is 0.360. The number of ether oxygens (including phenoxy) is 1. The number of carbonyl (C=O) groups is 1. The minimum absolute atomic E-state index is 0.0777. The van der Waals surface area contributed by atoms with Crippen LogP contribution in [0.15, 0.2) is 60.8 Å². The zero-order chi connectivity index (χ0) is 21.6. The highest BCUT2D eigenvalue weighted by atomic mass is 16.5. The van der Waals surface area contributed by atoms with Crippen LogP contribution in [0.1, 0.15) is 35.5 Å². The van der Waals surface area contributed by atoms with Crippen LogP contribution in [-0.4, -0.2) is 53.4 Å². The van der Waals surface area contributed by atoms with E-state index in [2.05, 4.69) is 35.1 Å². The quantitative estimate of drug-likeness (QED) is 0.585. The van der Waals surface area contributed by atoms with Gasteiger partial charge < -0.3 is 14.5 Å². The maximum Gasteiger partial charge on any atom is 0.257 e. The van der Waals surface area contributed by atoms with Crippen molar-refractivity contribution < 1.29 is 9.53 Å². The van der Waals surface area contributed by atoms with Gasteiger partial charge in [0.2, 0.25) is 0 Å². The van der Waals surface area contributed by atoms with Gasteiger partial charge in [-0.2, -0.15) is 5.10 Å². The highest BCUT2D eigenvalue weighted by molar-refractivity contribution is 5.95. The largest absolute Gasteiger partial charge is 0.492 e. The van der Waals surface area contributed by atoms with Gasteiger partial charge in [0.15, 0.2) is 0 Å². The van der Waals surface area contributed by atoms with Crippen LogP contribution in [0.2, 0.25) is 0 Å². The third-order valence-corrected chi connectivity index (χ3v) is 5.76. The first-order chi connectivity index (χ1) is 15.2. The summed E-state index contributed by atoms with van der Waals surface area (Å²) in [5.74, 6) is 0.981. The van der Waals surface area contributed by atoms with Crippen LogP contribution in [0.25, 0.3) is 0 Å². The maximum atomic E-state index is 13.3. The smallest absolute Gasteiger partial charge is 0.257 e. The lowest BCUT2D eigenvalue weighted by atomic mass is 10.1. The van der Waals surface area contributed by atoms with Gasteiger partial charge in [0.1, 0.15) is 5.75 Å². The highest BCUT2D eigenvalue weighted by Gasteiger charge is 2.26. The number of piperazine rings is 1. The minimum atomic E-state index is 0.0777. The zero-order valence-electron chi connectivity index (χ0n) is 18.3. The molecule has 1 fully saturated rings. The van der Waals surface area contributed by atoms with E-state index in [-0.39, 0.29) is 5.91 Å². The first kappa shape index (κ1) is 21.0. The number of anilines is 1. The molecule has 1 aliphatic rings. The molecule has 0 unspecified atom stereocenters. The normalized spacial score (nSPS) is 14.0. The van der Waals surface area contributed by atoms with Crippen LogP contribution in [-0.2, 0) is 13.0 Å². The summed E-state index contributed by atoms with van der Waals surface area (Å²) in [4.78, 5) is 17.5. The zero-order valence-corrected chi connectivity index (χ0v) is 18.3. The Labute approximate surface area is 184 Å². The van der Waals surface area contributed by atoms with Crippen molar-refractivity contribution in [3.8, 4) is 5.75 Å². The molecule has 6 nitrogen and oxygen atoms in total. The molecule has 0 saturated carbocycles. The van der Waals surface area contributed by atoms with Gasteiger partial charge >= 0.3 is 0 Å². The fourth-order valence-corrected chi connectivity index (χ4v) is 4.17. The number of rotatable bonds is 7. The van der Waals surface area contributed by atoms with E-state index in [0.29, 0.717) is 26.2 Å². The van der Waals surface area contributed by atoms with Crippen LogP contribution >= 0.6 is 0 Å². The summed E-state index contributed by atoms with van der Waals surface area (Å²) in [6.45, 7) is 8.35. The number of hydrogen-bond donors (Lipinski definition) is 0. The van der Waals surface area contributed by atoms with E-state index in [1.807, 2.05) is 52.9 Å². The molecule has 2 aromatic carbocycles. The van der Waals surface area contributed by atoms with Crippen molar-refractivity contribution in [1.82, 2.24) is 14.7 Å². The minimum Gasteiger partial charge on any atom is -0.492 e. The van der Waals surface area contributed by atoms with Crippen LogP contribution in [0.4, 0.5) is 5.69 Å². The second-order valence-electron chi connectivity index (χ2n) is 7.68. The molecular weight excluding hydrogens is 388 g/mol. The van der Waals surface area contributed by atoms with Crippen molar-refractivity contribution in [2.45, 2.75) is 26.8 Å². The Bertz CT molecular complexity index is 1010. The van der Waals surface area contributed by atoms with Crippen LogP contribution < -0.4 is 9.64 Å². The summed E-state index contributed by atoms with van der Waals surface area (Å²) >= 11 is 0. The van der Waals surface area contributed by atoms with Crippen molar-refractivity contribution in [3.63, 3.8) is 0 Å². The summed E-state index contributed by atoms with van der Waals surface area (Å²) in [6, 6.07) is 18.4. The molecule has 0 N–H and O–H groups in total. The van der Waals surface area contributed by atoms with Gasteiger partial charge in [-0.15, -0.1) is 0 Å². The predicted octanol–water partition coefficient (Wildman–Crippen LogP) is 3.85. The summed E-state index contributed by atoms with van der Waals surface area (Å²) < 4.78 is 7.74. The second kappa shape index (κ2) is 9.69. The molecule has 6 heteroatoms. The van der Waals surface area contributed by atoms with Gasteiger partial charge in [0, 0.05) is 26.2 Å². The van der Waals surface area contributed by atoms with Crippen molar-refractivity contribution in [1.29, 1.82) is 0 Å². The number of para-hydroxylation sites is 2. The Morgan fingerprint density at radius 1 is 0.968 bits per heavy atom. The Hall–Kier alpha value is -3.28. The Kier molecular flexibility index (Phi) is 6.55. The molecule has 1 aromatic heterocycles. The molecule has 3 aromatic rings. The topological polar surface area (TPSA) is 50.6 Å². The predicted molar refractivity (Wildman–Crippen MR) is 123 cm³/mol. The van der Waals surface area contributed by atoms with Crippen molar-refractivity contribution in [2.75, 3.05) is 37.7 Å². The van der Waals surface area contributed by atoms with E-state index in [0.717, 1.165) is 42.2 Å². The van der Waals surface area contributed by atoms with E-state index < -0.39 is 0 Å². The number of hydrogen-bond acceptors (Lipinski definition) is 4. The van der Waals surface area contributed by atoms with Gasteiger partial charge in [-0.1, -0.05) is 49.4 Å². The van der Waals surface area contributed by atoms with Gasteiger partial charge in [-0.25, -0.2) is 0 Å². The van der Waals surface area contributed by atoms with E-state index in [1.54, 1.807) is 6.20 Å². The molecule has 4 rings (SSSR count). The van der Waals surface area contributed by atoms with Gasteiger partial charge in [-0.05, 0) is 31.0 Å². The van der Waals surface area contributed by atoms with Crippen LogP contribution in [0.3, 0.4) is 0 Å². The van der Waals surface area contributed by atoms with Crippen molar-refractivity contribution in [2.24, 2.45) is 0 Å². The van der Waals surface area contributed by atoms with E-state index in [4.69, 9.17) is 4.74 Å². The average Bonchev–Trinajstić information content (AvgIpc) is 3.22. The lowest BCUT2D eigenvalue weighted by molar-refractivity contribution is 0.0745. The standard InChI is InChI=1S/C25H30N4O2/c1-3-22-21(18-26-29(22)19-20-10-6-5-7-11-20)25(30)28-16-14-27(15-17-28)23-12-8-9-13-24(23)31-4-2/h5-13,18H,3-4,14-17,19H2,1-2H3. The third-order valence-electron chi connectivity index (χ3n) is 5.76. The lowest BCUT2D eigenvalue weighted by Gasteiger charge is -2.36. The molecule has 1 aliphatic heterocycles. The number of benzene rings is 2. The summed E-state index contributed by atoms with van der Waals surface area (Å²) in [5, 5.41) is 4.53.